The van der Waals surface area contributed by atoms with E-state index in [1.807, 2.05) is 0 Å². The van der Waals surface area contributed by atoms with Gasteiger partial charge in [0.25, 0.3) is 0 Å². The van der Waals surface area contributed by atoms with E-state index in [0.717, 1.165) is 40.7 Å². The van der Waals surface area contributed by atoms with Crippen LogP contribution in [0.25, 0.3) is 0 Å². The van der Waals surface area contributed by atoms with E-state index in [1.54, 1.807) is 49.4 Å². The van der Waals surface area contributed by atoms with E-state index >= 15 is 0 Å². The van der Waals surface area contributed by atoms with E-state index in [2.05, 4.69) is 21.2 Å². The van der Waals surface area contributed by atoms with Gasteiger partial charge in [0.15, 0.2) is 0 Å². The number of sulfonamides is 1. The molecule has 0 bridgehead atoms. The Hall–Kier alpha value is -2.46. The van der Waals surface area contributed by atoms with Crippen LogP contribution in [0.15, 0.2) is 53.0 Å². The van der Waals surface area contributed by atoms with Gasteiger partial charge in [-0.2, -0.15) is 0 Å². The second kappa shape index (κ2) is 11.3. The van der Waals surface area contributed by atoms with Crippen molar-refractivity contribution in [1.29, 1.82) is 0 Å². The van der Waals surface area contributed by atoms with Crippen LogP contribution in [0, 0.1) is 5.82 Å². The molecule has 1 aliphatic rings. The molecule has 3 rings (SSSR count). The first-order chi connectivity index (χ1) is 16.1. The minimum absolute atomic E-state index is 0.0515. The van der Waals surface area contributed by atoms with Crippen LogP contribution in [0.4, 0.5) is 10.1 Å². The molecule has 1 fully saturated rings. The molecule has 0 heterocycles. The van der Waals surface area contributed by atoms with Crippen LogP contribution in [0.1, 0.15) is 38.2 Å². The molecule has 1 N–H and O–H groups in total. The van der Waals surface area contributed by atoms with Gasteiger partial charge < -0.3 is 10.2 Å². The molecule has 184 valence electrons. The minimum Gasteiger partial charge on any atom is -0.352 e. The number of carbonyl (C=O) groups excluding carboxylic acids is 2. The predicted molar refractivity (Wildman–Crippen MR) is 133 cm³/mol. The third kappa shape index (κ3) is 6.79. The highest BCUT2D eigenvalue weighted by atomic mass is 79.9. The number of benzene rings is 2. The molecular weight excluding hydrogens is 525 g/mol. The maximum atomic E-state index is 14.4. The number of rotatable bonds is 9. The van der Waals surface area contributed by atoms with E-state index < -0.39 is 34.3 Å². The molecule has 1 atom stereocenters. The summed E-state index contributed by atoms with van der Waals surface area (Å²) in [6.07, 6.45) is 4.84. The van der Waals surface area contributed by atoms with Crippen LogP contribution in [0.5, 0.6) is 0 Å². The molecule has 0 aliphatic heterocycles. The molecule has 2 amide bonds. The first kappa shape index (κ1) is 26.2. The Labute approximate surface area is 208 Å². The summed E-state index contributed by atoms with van der Waals surface area (Å²) < 4.78 is 41.2. The van der Waals surface area contributed by atoms with Gasteiger partial charge >= 0.3 is 0 Å². The summed E-state index contributed by atoms with van der Waals surface area (Å²) in [5.74, 6) is -1.45. The van der Waals surface area contributed by atoms with Crippen LogP contribution in [-0.2, 0) is 26.2 Å². The fourth-order valence-corrected chi connectivity index (χ4v) is 5.12. The lowest BCUT2D eigenvalue weighted by atomic mass is 10.1. The Bertz CT molecular complexity index is 1120. The zero-order valence-electron chi connectivity index (χ0n) is 19.2. The molecular formula is C24H29BrFN3O4S. The van der Waals surface area contributed by atoms with Crippen LogP contribution >= 0.6 is 15.9 Å². The van der Waals surface area contributed by atoms with Gasteiger partial charge in [-0.25, -0.2) is 12.8 Å². The Morgan fingerprint density at radius 1 is 1.12 bits per heavy atom. The van der Waals surface area contributed by atoms with Crippen LogP contribution in [0.3, 0.4) is 0 Å². The largest absolute Gasteiger partial charge is 0.352 e. The smallest absolute Gasteiger partial charge is 0.244 e. The van der Waals surface area contributed by atoms with Crippen LogP contribution in [-0.4, -0.2) is 50.0 Å². The normalized spacial score (nSPS) is 15.1. The Morgan fingerprint density at radius 2 is 1.74 bits per heavy atom. The molecule has 2 aromatic rings. The van der Waals surface area contributed by atoms with Crippen molar-refractivity contribution in [1.82, 2.24) is 10.2 Å². The van der Waals surface area contributed by atoms with E-state index in [9.17, 15) is 22.4 Å². The van der Waals surface area contributed by atoms with E-state index in [4.69, 9.17) is 0 Å². The van der Waals surface area contributed by atoms with Crippen molar-refractivity contribution in [2.75, 3.05) is 17.1 Å². The van der Waals surface area contributed by atoms with Gasteiger partial charge in [-0.15, -0.1) is 0 Å². The Morgan fingerprint density at radius 3 is 2.32 bits per heavy atom. The number of carbonyl (C=O) groups is 2. The van der Waals surface area contributed by atoms with Gasteiger partial charge in [-0.1, -0.05) is 47.0 Å². The second-order valence-corrected chi connectivity index (χ2v) is 11.3. The number of nitrogens with one attached hydrogen (secondary N) is 1. The van der Waals surface area contributed by atoms with Crippen molar-refractivity contribution in [2.24, 2.45) is 0 Å². The van der Waals surface area contributed by atoms with Crippen molar-refractivity contribution in [3.8, 4) is 0 Å². The first-order valence-electron chi connectivity index (χ1n) is 11.1. The summed E-state index contributed by atoms with van der Waals surface area (Å²) in [4.78, 5) is 27.7. The number of nitrogens with zero attached hydrogens (tertiary/aromatic N) is 2. The molecule has 0 spiro atoms. The fourth-order valence-electron chi connectivity index (χ4n) is 4.01. The van der Waals surface area contributed by atoms with Gasteiger partial charge in [0, 0.05) is 22.6 Å². The Balaban J connectivity index is 1.88. The highest BCUT2D eigenvalue weighted by Crippen LogP contribution is 2.22. The predicted octanol–water partition coefficient (Wildman–Crippen LogP) is 3.83. The number of hydrogen-bond acceptors (Lipinski definition) is 4. The summed E-state index contributed by atoms with van der Waals surface area (Å²) in [5, 5.41) is 2.97. The maximum absolute atomic E-state index is 14.4. The lowest BCUT2D eigenvalue weighted by Crippen LogP contribution is -2.52. The molecule has 10 heteroatoms. The number of anilines is 1. The van der Waals surface area contributed by atoms with Gasteiger partial charge in [0.2, 0.25) is 21.8 Å². The SMILES string of the molecule is C[C@H](C(=O)NC1CCCC1)N(Cc1ccccc1F)C(=O)CN(c1ccc(Br)cc1)S(C)(=O)=O. The summed E-state index contributed by atoms with van der Waals surface area (Å²) in [5.41, 5.74) is 0.555. The number of amides is 2. The average Bonchev–Trinajstić information content (AvgIpc) is 3.29. The highest BCUT2D eigenvalue weighted by Gasteiger charge is 2.31. The van der Waals surface area contributed by atoms with E-state index in [1.165, 1.54) is 11.0 Å². The molecule has 1 saturated carbocycles. The molecule has 34 heavy (non-hydrogen) atoms. The molecule has 0 unspecified atom stereocenters. The maximum Gasteiger partial charge on any atom is 0.244 e. The summed E-state index contributed by atoms with van der Waals surface area (Å²) in [6.45, 7) is 0.895. The van der Waals surface area contributed by atoms with Crippen molar-refractivity contribution in [2.45, 2.75) is 51.2 Å². The summed E-state index contributed by atoms with van der Waals surface area (Å²) in [6, 6.07) is 11.7. The van der Waals surface area contributed by atoms with Crippen LogP contribution in [0.2, 0.25) is 0 Å². The van der Waals surface area contributed by atoms with E-state index in [-0.39, 0.29) is 24.1 Å². The van der Waals surface area contributed by atoms with Crippen molar-refractivity contribution < 1.29 is 22.4 Å². The first-order valence-corrected chi connectivity index (χ1v) is 13.8. The third-order valence-electron chi connectivity index (χ3n) is 5.96. The number of halogens is 2. The molecule has 7 nitrogen and oxygen atoms in total. The zero-order valence-corrected chi connectivity index (χ0v) is 21.6. The van der Waals surface area contributed by atoms with Crippen molar-refractivity contribution in [3.63, 3.8) is 0 Å². The molecule has 1 aliphatic carbocycles. The zero-order chi connectivity index (χ0) is 24.9. The monoisotopic (exact) mass is 553 g/mol. The van der Waals surface area contributed by atoms with Gasteiger partial charge in [-0.05, 0) is 50.1 Å². The average molecular weight is 554 g/mol. The van der Waals surface area contributed by atoms with Crippen molar-refractivity contribution in [3.05, 3.63) is 64.4 Å². The van der Waals surface area contributed by atoms with Gasteiger partial charge in [-0.3, -0.25) is 13.9 Å². The third-order valence-corrected chi connectivity index (χ3v) is 7.63. The molecule has 0 aromatic heterocycles. The van der Waals surface area contributed by atoms with Crippen molar-refractivity contribution >= 4 is 43.5 Å². The lowest BCUT2D eigenvalue weighted by molar-refractivity contribution is -0.139. The minimum atomic E-state index is -3.81. The van der Waals surface area contributed by atoms with Gasteiger partial charge in [0.05, 0.1) is 11.9 Å². The lowest BCUT2D eigenvalue weighted by Gasteiger charge is -2.32. The van der Waals surface area contributed by atoms with E-state index in [0.29, 0.717) is 5.69 Å². The molecule has 0 saturated heterocycles. The standard InChI is InChI=1S/C24H29BrFN3O4S/c1-17(24(31)27-20-8-4-5-9-20)28(15-18-7-3-6-10-22(18)26)23(30)16-29(34(2,32)33)21-13-11-19(25)12-14-21/h3,6-7,10-14,17,20H,4-5,8-9,15-16H2,1-2H3,(H,27,31)/t17-/m1/s1. The quantitative estimate of drug-likeness (QED) is 0.511. The number of hydrogen-bond donors (Lipinski definition) is 1. The molecule has 2 aromatic carbocycles. The topological polar surface area (TPSA) is 86.8 Å². The highest BCUT2D eigenvalue weighted by molar-refractivity contribution is 9.10. The second-order valence-electron chi connectivity index (χ2n) is 8.53. The Kier molecular flexibility index (Phi) is 8.70. The van der Waals surface area contributed by atoms with Crippen LogP contribution < -0.4 is 9.62 Å². The fraction of sp³-hybridized carbons (Fsp3) is 0.417. The van der Waals surface area contributed by atoms with Gasteiger partial charge in [0.1, 0.15) is 18.4 Å². The molecule has 0 radical (unpaired) electrons. The summed E-state index contributed by atoms with van der Waals surface area (Å²) in [7, 11) is -3.81. The summed E-state index contributed by atoms with van der Waals surface area (Å²) >= 11 is 3.31.